The fourth-order valence-corrected chi connectivity index (χ4v) is 4.29. The smallest absolute Gasteiger partial charge is 0.219 e. The van der Waals surface area contributed by atoms with Gasteiger partial charge in [-0.2, -0.15) is 0 Å². The van der Waals surface area contributed by atoms with Crippen LogP contribution in [-0.2, 0) is 4.79 Å². The molecule has 2 saturated heterocycles. The minimum Gasteiger partial charge on any atom is -0.342 e. The molecule has 3 nitrogen and oxygen atoms in total. The van der Waals surface area contributed by atoms with Crippen molar-refractivity contribution in [3.8, 4) is 0 Å². The SMILES string of the molecule is CC(=O)N1CCC2(CCN(C(C)(C)C)C(C(C)(C)C)C2)C1. The topological polar surface area (TPSA) is 23.6 Å². The van der Waals surface area contributed by atoms with Crippen molar-refractivity contribution in [1.29, 1.82) is 0 Å². The van der Waals surface area contributed by atoms with Gasteiger partial charge in [0.05, 0.1) is 0 Å². The molecule has 0 aromatic heterocycles. The first kappa shape index (κ1) is 16.8. The molecule has 2 aliphatic heterocycles. The summed E-state index contributed by atoms with van der Waals surface area (Å²) in [6, 6.07) is 0.596. The lowest BCUT2D eigenvalue weighted by Crippen LogP contribution is -2.59. The molecule has 3 heteroatoms. The van der Waals surface area contributed by atoms with Crippen molar-refractivity contribution < 1.29 is 4.79 Å². The number of carbonyl (C=O) groups is 1. The Morgan fingerprint density at radius 1 is 1.05 bits per heavy atom. The fourth-order valence-electron chi connectivity index (χ4n) is 4.29. The van der Waals surface area contributed by atoms with Crippen molar-refractivity contribution in [2.45, 2.75) is 79.3 Å². The number of piperidine rings is 1. The van der Waals surface area contributed by atoms with Crippen LogP contribution in [0.3, 0.4) is 0 Å². The van der Waals surface area contributed by atoms with Crippen molar-refractivity contribution in [1.82, 2.24) is 9.80 Å². The van der Waals surface area contributed by atoms with Gasteiger partial charge in [0.1, 0.15) is 0 Å². The van der Waals surface area contributed by atoms with Gasteiger partial charge >= 0.3 is 0 Å². The van der Waals surface area contributed by atoms with Crippen LogP contribution in [0.2, 0.25) is 0 Å². The predicted molar refractivity (Wildman–Crippen MR) is 88.2 cm³/mol. The number of nitrogens with zero attached hydrogens (tertiary/aromatic N) is 2. The Bertz CT molecular complexity index is 404. The van der Waals surface area contributed by atoms with E-state index in [1.807, 2.05) is 0 Å². The third kappa shape index (κ3) is 3.44. The molecular weight excluding hydrogens is 260 g/mol. The summed E-state index contributed by atoms with van der Waals surface area (Å²) in [5.41, 5.74) is 0.869. The number of carbonyl (C=O) groups excluding carboxylic acids is 1. The molecule has 21 heavy (non-hydrogen) atoms. The second kappa shape index (κ2) is 5.26. The molecule has 0 aromatic carbocycles. The van der Waals surface area contributed by atoms with Crippen LogP contribution in [0.4, 0.5) is 0 Å². The van der Waals surface area contributed by atoms with E-state index in [1.54, 1.807) is 6.92 Å². The van der Waals surface area contributed by atoms with E-state index < -0.39 is 0 Å². The van der Waals surface area contributed by atoms with E-state index in [2.05, 4.69) is 51.3 Å². The van der Waals surface area contributed by atoms with Gasteiger partial charge in [0, 0.05) is 31.6 Å². The first-order valence-corrected chi connectivity index (χ1v) is 8.47. The first-order valence-electron chi connectivity index (χ1n) is 8.47. The molecule has 0 saturated carbocycles. The summed E-state index contributed by atoms with van der Waals surface area (Å²) in [4.78, 5) is 16.5. The van der Waals surface area contributed by atoms with Crippen LogP contribution >= 0.6 is 0 Å². The van der Waals surface area contributed by atoms with Crippen LogP contribution in [0.5, 0.6) is 0 Å². The molecule has 0 aliphatic carbocycles. The first-order chi connectivity index (χ1) is 9.45. The van der Waals surface area contributed by atoms with Crippen LogP contribution in [-0.4, -0.2) is 46.9 Å². The van der Waals surface area contributed by atoms with Gasteiger partial charge in [-0.25, -0.2) is 0 Å². The van der Waals surface area contributed by atoms with Crippen LogP contribution in [0.15, 0.2) is 0 Å². The normalized spacial score (nSPS) is 32.0. The van der Waals surface area contributed by atoms with E-state index in [-0.39, 0.29) is 16.9 Å². The molecular formula is C18H34N2O. The highest BCUT2D eigenvalue weighted by atomic mass is 16.2. The average molecular weight is 294 g/mol. The van der Waals surface area contributed by atoms with E-state index in [1.165, 1.54) is 19.3 Å². The number of hydrogen-bond donors (Lipinski definition) is 0. The Morgan fingerprint density at radius 2 is 1.62 bits per heavy atom. The molecule has 0 bridgehead atoms. The third-order valence-electron chi connectivity index (χ3n) is 5.63. The molecule has 2 aliphatic rings. The number of likely N-dealkylation sites (tertiary alicyclic amines) is 2. The molecule has 2 rings (SSSR count). The molecule has 2 heterocycles. The van der Waals surface area contributed by atoms with Crippen molar-refractivity contribution in [3.05, 3.63) is 0 Å². The maximum Gasteiger partial charge on any atom is 0.219 e. The van der Waals surface area contributed by atoms with Gasteiger partial charge in [-0.05, 0) is 57.4 Å². The van der Waals surface area contributed by atoms with Gasteiger partial charge in [0.15, 0.2) is 0 Å². The highest BCUT2D eigenvalue weighted by Crippen LogP contribution is 2.48. The van der Waals surface area contributed by atoms with Gasteiger partial charge in [0.2, 0.25) is 5.91 Å². The fraction of sp³-hybridized carbons (Fsp3) is 0.944. The molecule has 2 unspecified atom stereocenters. The van der Waals surface area contributed by atoms with E-state index in [9.17, 15) is 4.79 Å². The van der Waals surface area contributed by atoms with Crippen LogP contribution in [0, 0.1) is 10.8 Å². The summed E-state index contributed by atoms with van der Waals surface area (Å²) < 4.78 is 0. The molecule has 1 amide bonds. The molecule has 0 radical (unpaired) electrons. The monoisotopic (exact) mass is 294 g/mol. The Hall–Kier alpha value is -0.570. The summed E-state index contributed by atoms with van der Waals surface area (Å²) in [5, 5.41) is 0. The lowest BCUT2D eigenvalue weighted by molar-refractivity contribution is -0.128. The lowest BCUT2D eigenvalue weighted by atomic mass is 9.67. The minimum atomic E-state index is 0.221. The molecule has 0 N–H and O–H groups in total. The van der Waals surface area contributed by atoms with Crippen LogP contribution in [0.25, 0.3) is 0 Å². The largest absolute Gasteiger partial charge is 0.342 e. The highest BCUT2D eigenvalue weighted by Gasteiger charge is 2.49. The van der Waals surface area contributed by atoms with Crippen molar-refractivity contribution in [3.63, 3.8) is 0 Å². The van der Waals surface area contributed by atoms with Gasteiger partial charge in [-0.3, -0.25) is 9.69 Å². The van der Waals surface area contributed by atoms with Crippen molar-refractivity contribution in [2.24, 2.45) is 10.8 Å². The quantitative estimate of drug-likeness (QED) is 0.682. The van der Waals surface area contributed by atoms with E-state index in [0.29, 0.717) is 11.5 Å². The average Bonchev–Trinajstić information content (AvgIpc) is 2.70. The van der Waals surface area contributed by atoms with E-state index >= 15 is 0 Å². The van der Waals surface area contributed by atoms with Gasteiger partial charge in [-0.15, -0.1) is 0 Å². The van der Waals surface area contributed by atoms with E-state index in [4.69, 9.17) is 0 Å². The van der Waals surface area contributed by atoms with Crippen LogP contribution in [0.1, 0.15) is 67.7 Å². The summed E-state index contributed by atoms with van der Waals surface area (Å²) >= 11 is 0. The lowest BCUT2D eigenvalue weighted by Gasteiger charge is -2.54. The molecule has 2 atom stereocenters. The zero-order valence-electron chi connectivity index (χ0n) is 15.1. The van der Waals surface area contributed by atoms with Gasteiger partial charge in [-0.1, -0.05) is 20.8 Å². The zero-order valence-corrected chi connectivity index (χ0v) is 15.1. The standard InChI is InChI=1S/C18H34N2O/c1-14(21)19-10-8-18(13-19)9-11-20(17(5,6)7)15(12-18)16(2,3)4/h15H,8-13H2,1-7H3. The predicted octanol–water partition coefficient (Wildman–Crippen LogP) is 3.53. The number of amides is 1. The minimum absolute atomic E-state index is 0.221. The van der Waals surface area contributed by atoms with Gasteiger partial charge in [0.25, 0.3) is 0 Å². The summed E-state index contributed by atoms with van der Waals surface area (Å²) in [7, 11) is 0. The number of rotatable bonds is 0. The maximum absolute atomic E-state index is 11.7. The Balaban J connectivity index is 2.20. The Labute approximate surface area is 131 Å². The Kier molecular flexibility index (Phi) is 4.20. The maximum atomic E-state index is 11.7. The molecule has 122 valence electrons. The second-order valence-corrected chi connectivity index (χ2v) is 9.39. The van der Waals surface area contributed by atoms with Gasteiger partial charge < -0.3 is 4.90 Å². The molecule has 2 fully saturated rings. The number of hydrogen-bond acceptors (Lipinski definition) is 2. The Morgan fingerprint density at radius 3 is 2.05 bits per heavy atom. The zero-order chi connectivity index (χ0) is 16.1. The third-order valence-corrected chi connectivity index (χ3v) is 5.63. The second-order valence-electron chi connectivity index (χ2n) is 9.39. The van der Waals surface area contributed by atoms with Crippen LogP contribution < -0.4 is 0 Å². The highest BCUT2D eigenvalue weighted by molar-refractivity contribution is 5.73. The molecule has 1 spiro atoms. The summed E-state index contributed by atoms with van der Waals surface area (Å²) in [5.74, 6) is 0.248. The van der Waals surface area contributed by atoms with Crippen molar-refractivity contribution in [2.75, 3.05) is 19.6 Å². The summed E-state index contributed by atoms with van der Waals surface area (Å²) in [6.45, 7) is 18.9. The van der Waals surface area contributed by atoms with E-state index in [0.717, 1.165) is 19.6 Å². The molecule has 0 aromatic rings. The van der Waals surface area contributed by atoms with Crippen molar-refractivity contribution >= 4 is 5.91 Å². The summed E-state index contributed by atoms with van der Waals surface area (Å²) in [6.07, 6.45) is 3.66.